The lowest BCUT2D eigenvalue weighted by Gasteiger charge is -2.14. The maximum atomic E-state index is 6.02. The van der Waals surface area contributed by atoms with Crippen LogP contribution in [0.25, 0.3) is 0 Å². The van der Waals surface area contributed by atoms with Crippen LogP contribution in [0.5, 0.6) is 5.75 Å². The maximum Gasteiger partial charge on any atom is 0.188 e. The van der Waals surface area contributed by atoms with Crippen molar-refractivity contribution in [1.29, 1.82) is 0 Å². The van der Waals surface area contributed by atoms with E-state index in [1.165, 1.54) is 5.56 Å². The van der Waals surface area contributed by atoms with Crippen LogP contribution in [-0.2, 0) is 11.3 Å². The number of nitrogens with one attached hydrogen (secondary N) is 1. The molecule has 0 saturated carbocycles. The molecule has 1 aromatic carbocycles. The fourth-order valence-electron chi connectivity index (χ4n) is 2.38. The van der Waals surface area contributed by atoms with Gasteiger partial charge in [-0.25, -0.2) is 4.99 Å². The molecule has 2 rings (SSSR count). The second kappa shape index (κ2) is 10.8. The number of halogens is 1. The van der Waals surface area contributed by atoms with E-state index >= 15 is 0 Å². The van der Waals surface area contributed by atoms with E-state index in [1.807, 2.05) is 0 Å². The van der Waals surface area contributed by atoms with Crippen LogP contribution < -0.4 is 15.8 Å². The summed E-state index contributed by atoms with van der Waals surface area (Å²) in [6.07, 6.45) is 1.07. The Kier molecular flexibility index (Phi) is 9.43. The van der Waals surface area contributed by atoms with E-state index in [-0.39, 0.29) is 24.0 Å². The van der Waals surface area contributed by atoms with Crippen LogP contribution in [0.2, 0.25) is 0 Å². The van der Waals surface area contributed by atoms with Gasteiger partial charge in [-0.05, 0) is 30.9 Å². The van der Waals surface area contributed by atoms with Gasteiger partial charge in [-0.2, -0.15) is 0 Å². The number of hydrogen-bond acceptors (Lipinski definition) is 3. The molecule has 6 heteroatoms. The molecular formula is C18H30IN3O2. The number of nitrogens with zero attached hydrogens (tertiary/aromatic N) is 1. The lowest BCUT2D eigenvalue weighted by atomic mass is 10.1. The Labute approximate surface area is 162 Å². The molecule has 1 aliphatic heterocycles. The first kappa shape index (κ1) is 21.0. The lowest BCUT2D eigenvalue weighted by molar-refractivity contribution is 0.166. The van der Waals surface area contributed by atoms with Gasteiger partial charge >= 0.3 is 0 Å². The molecular weight excluding hydrogens is 417 g/mol. The van der Waals surface area contributed by atoms with Gasteiger partial charge in [0.25, 0.3) is 0 Å². The molecule has 0 aliphatic carbocycles. The summed E-state index contributed by atoms with van der Waals surface area (Å²) in [5, 5.41) is 3.13. The van der Waals surface area contributed by atoms with Crippen LogP contribution in [0.15, 0.2) is 23.2 Å². The van der Waals surface area contributed by atoms with Crippen molar-refractivity contribution in [3.63, 3.8) is 0 Å². The average molecular weight is 447 g/mol. The molecule has 0 aromatic heterocycles. The number of guanidine groups is 1. The zero-order chi connectivity index (χ0) is 16.7. The van der Waals surface area contributed by atoms with Crippen LogP contribution in [0.4, 0.5) is 0 Å². The number of benzene rings is 1. The van der Waals surface area contributed by atoms with Gasteiger partial charge in [-0.3, -0.25) is 0 Å². The van der Waals surface area contributed by atoms with Crippen molar-refractivity contribution in [3.8, 4) is 5.75 Å². The Balaban J connectivity index is 0.00000288. The first-order chi connectivity index (χ1) is 11.0. The Morgan fingerprint density at radius 2 is 2.25 bits per heavy atom. The van der Waals surface area contributed by atoms with E-state index in [0.29, 0.717) is 30.9 Å². The Bertz CT molecular complexity index is 529. The number of aliphatic imine (C=N–C) groups is 1. The smallest absolute Gasteiger partial charge is 0.188 e. The molecule has 24 heavy (non-hydrogen) atoms. The predicted octanol–water partition coefficient (Wildman–Crippen LogP) is 3.09. The highest BCUT2D eigenvalue weighted by Crippen LogP contribution is 2.23. The van der Waals surface area contributed by atoms with Gasteiger partial charge < -0.3 is 20.5 Å². The number of hydrogen-bond donors (Lipinski definition) is 2. The average Bonchev–Trinajstić information content (AvgIpc) is 3.03. The summed E-state index contributed by atoms with van der Waals surface area (Å²) in [6.45, 7) is 10.0. The maximum absolute atomic E-state index is 6.02. The summed E-state index contributed by atoms with van der Waals surface area (Å²) in [6, 6.07) is 6.21. The largest absolute Gasteiger partial charge is 0.493 e. The van der Waals surface area contributed by atoms with Crippen LogP contribution in [-0.4, -0.2) is 32.3 Å². The lowest BCUT2D eigenvalue weighted by Crippen LogP contribution is -2.34. The minimum atomic E-state index is 0. The minimum absolute atomic E-state index is 0. The molecule has 136 valence electrons. The number of rotatable bonds is 7. The van der Waals surface area contributed by atoms with Crippen molar-refractivity contribution in [3.05, 3.63) is 29.3 Å². The van der Waals surface area contributed by atoms with Gasteiger partial charge in [0.1, 0.15) is 5.75 Å². The quantitative estimate of drug-likeness (QED) is 0.383. The highest BCUT2D eigenvalue weighted by molar-refractivity contribution is 14.0. The normalized spacial score (nSPS) is 17.7. The summed E-state index contributed by atoms with van der Waals surface area (Å²) < 4.78 is 11.4. The molecule has 1 heterocycles. The Morgan fingerprint density at radius 3 is 2.92 bits per heavy atom. The summed E-state index contributed by atoms with van der Waals surface area (Å²) >= 11 is 0. The van der Waals surface area contributed by atoms with Crippen molar-refractivity contribution in [1.82, 2.24) is 5.32 Å². The van der Waals surface area contributed by atoms with E-state index in [9.17, 15) is 0 Å². The monoisotopic (exact) mass is 447 g/mol. The van der Waals surface area contributed by atoms with Gasteiger partial charge in [0.2, 0.25) is 0 Å². The number of aryl methyl sites for hydroxylation is 1. The molecule has 0 bridgehead atoms. The molecule has 1 saturated heterocycles. The van der Waals surface area contributed by atoms with E-state index in [2.05, 4.69) is 49.3 Å². The first-order valence-electron chi connectivity index (χ1n) is 8.38. The number of ether oxygens (including phenoxy) is 2. The molecule has 3 N–H and O–H groups in total. The second-order valence-corrected chi connectivity index (χ2v) is 6.63. The van der Waals surface area contributed by atoms with Crippen molar-refractivity contribution < 1.29 is 9.47 Å². The highest BCUT2D eigenvalue weighted by atomic mass is 127. The molecule has 0 spiro atoms. The van der Waals surface area contributed by atoms with Gasteiger partial charge in [0.05, 0.1) is 19.8 Å². The third kappa shape index (κ3) is 7.25. The number of nitrogens with two attached hydrogens (primary N) is 1. The standard InChI is InChI=1S/C18H29N3O2.HI/c1-13(2)9-20-18(19)21-10-16-5-4-14(3)8-17(16)23-12-15-6-7-22-11-15;/h4-5,8,13,15H,6-7,9-12H2,1-3H3,(H3,19,20,21);1H. The molecule has 1 aliphatic rings. The molecule has 1 unspecified atom stereocenters. The van der Waals surface area contributed by atoms with Crippen molar-refractivity contribution >= 4 is 29.9 Å². The molecule has 0 amide bonds. The third-order valence-electron chi connectivity index (χ3n) is 3.83. The Hall–Kier alpha value is -1.02. The highest BCUT2D eigenvalue weighted by Gasteiger charge is 2.17. The first-order valence-corrected chi connectivity index (χ1v) is 8.38. The third-order valence-corrected chi connectivity index (χ3v) is 3.83. The summed E-state index contributed by atoms with van der Waals surface area (Å²) in [4.78, 5) is 4.42. The minimum Gasteiger partial charge on any atom is -0.493 e. The molecule has 1 atom stereocenters. The van der Waals surface area contributed by atoms with Gasteiger partial charge in [-0.1, -0.05) is 26.0 Å². The van der Waals surface area contributed by atoms with Crippen LogP contribution >= 0.6 is 24.0 Å². The zero-order valence-corrected chi connectivity index (χ0v) is 17.2. The van der Waals surface area contributed by atoms with E-state index in [4.69, 9.17) is 15.2 Å². The SMILES string of the molecule is Cc1ccc(CN=C(N)NCC(C)C)c(OCC2CCOC2)c1.I. The van der Waals surface area contributed by atoms with Gasteiger partial charge in [0, 0.05) is 24.6 Å². The van der Waals surface area contributed by atoms with Crippen molar-refractivity contribution in [2.45, 2.75) is 33.7 Å². The van der Waals surface area contributed by atoms with Crippen molar-refractivity contribution in [2.24, 2.45) is 22.6 Å². The molecule has 5 nitrogen and oxygen atoms in total. The van der Waals surface area contributed by atoms with Crippen LogP contribution in [0.1, 0.15) is 31.4 Å². The summed E-state index contributed by atoms with van der Waals surface area (Å²) in [5.41, 5.74) is 8.15. The fourth-order valence-corrected chi connectivity index (χ4v) is 2.38. The molecule has 1 fully saturated rings. The molecule has 0 radical (unpaired) electrons. The summed E-state index contributed by atoms with van der Waals surface area (Å²) in [7, 11) is 0. The van der Waals surface area contributed by atoms with E-state index in [1.54, 1.807) is 0 Å². The zero-order valence-electron chi connectivity index (χ0n) is 14.9. The second-order valence-electron chi connectivity index (χ2n) is 6.63. The predicted molar refractivity (Wildman–Crippen MR) is 109 cm³/mol. The molecule has 1 aromatic rings. The van der Waals surface area contributed by atoms with Crippen LogP contribution in [0.3, 0.4) is 0 Å². The van der Waals surface area contributed by atoms with Crippen molar-refractivity contribution in [2.75, 3.05) is 26.4 Å². The Morgan fingerprint density at radius 1 is 1.46 bits per heavy atom. The van der Waals surface area contributed by atoms with E-state index < -0.39 is 0 Å². The van der Waals surface area contributed by atoms with Gasteiger partial charge in [-0.15, -0.1) is 24.0 Å². The van der Waals surface area contributed by atoms with Gasteiger partial charge in [0.15, 0.2) is 5.96 Å². The summed E-state index contributed by atoms with van der Waals surface area (Å²) in [5.74, 6) is 2.41. The topological polar surface area (TPSA) is 68.9 Å². The fraction of sp³-hybridized carbons (Fsp3) is 0.611. The van der Waals surface area contributed by atoms with Crippen LogP contribution in [0, 0.1) is 18.8 Å². The van der Waals surface area contributed by atoms with E-state index in [0.717, 1.165) is 37.5 Å².